The molecule has 2 nitrogen and oxygen atoms in total. The van der Waals surface area contributed by atoms with E-state index in [4.69, 9.17) is 12.3 Å². The molecular weight excluding hydrogens is 248 g/mol. The molecule has 0 saturated carbocycles. The Bertz CT molecular complexity index is 303. The second-order valence-corrected chi connectivity index (χ2v) is 4.94. The number of thiophene rings is 1. The van der Waals surface area contributed by atoms with Gasteiger partial charge < -0.3 is 0 Å². The Balaban J connectivity index is 2.62. The van der Waals surface area contributed by atoms with Gasteiger partial charge in [0.2, 0.25) is 0 Å². The zero-order valence-corrected chi connectivity index (χ0v) is 9.49. The molecule has 1 unspecified atom stereocenters. The highest BCUT2D eigenvalue weighted by atomic mass is 79.9. The number of hydrogen-bond acceptors (Lipinski definition) is 3. The van der Waals surface area contributed by atoms with Crippen molar-refractivity contribution in [2.45, 2.75) is 18.9 Å². The molecule has 1 rings (SSSR count). The number of hydrogen-bond donors (Lipinski definition) is 2. The van der Waals surface area contributed by atoms with Gasteiger partial charge in [-0.25, -0.2) is 0 Å². The van der Waals surface area contributed by atoms with Crippen molar-refractivity contribution in [3.05, 3.63) is 20.8 Å². The maximum atomic E-state index is 5.43. The Kier molecular flexibility index (Phi) is 4.46. The van der Waals surface area contributed by atoms with Gasteiger partial charge in [0.25, 0.3) is 0 Å². The van der Waals surface area contributed by atoms with Gasteiger partial charge >= 0.3 is 0 Å². The number of hydrazine groups is 1. The van der Waals surface area contributed by atoms with Crippen molar-refractivity contribution < 1.29 is 0 Å². The van der Waals surface area contributed by atoms with Crippen LogP contribution in [0.2, 0.25) is 0 Å². The molecule has 0 aromatic carbocycles. The van der Waals surface area contributed by atoms with Crippen molar-refractivity contribution >= 4 is 27.3 Å². The highest BCUT2D eigenvalue weighted by Gasteiger charge is 2.09. The van der Waals surface area contributed by atoms with Crippen molar-refractivity contribution in [2.75, 3.05) is 0 Å². The van der Waals surface area contributed by atoms with Crippen molar-refractivity contribution in [3.63, 3.8) is 0 Å². The maximum Gasteiger partial charge on any atom is 0.0701 e. The van der Waals surface area contributed by atoms with Gasteiger partial charge in [-0.3, -0.25) is 11.3 Å². The van der Waals surface area contributed by atoms with Crippen LogP contribution in [-0.2, 0) is 0 Å². The molecule has 0 aliphatic rings. The van der Waals surface area contributed by atoms with Crippen molar-refractivity contribution in [3.8, 4) is 12.3 Å². The standard InChI is InChI=1S/C9H11BrN2S/c1-2-3-4-8(12-11)7-5-9(10)13-6-7/h1,5-6,8,12H,3-4,11H2. The van der Waals surface area contributed by atoms with E-state index >= 15 is 0 Å². The topological polar surface area (TPSA) is 38.0 Å². The average Bonchev–Trinajstić information content (AvgIpc) is 2.54. The van der Waals surface area contributed by atoms with E-state index in [2.05, 4.69) is 38.7 Å². The van der Waals surface area contributed by atoms with Crippen LogP contribution < -0.4 is 11.3 Å². The number of nitrogens with two attached hydrogens (primary N) is 1. The van der Waals surface area contributed by atoms with Crippen LogP contribution in [0.25, 0.3) is 0 Å². The zero-order valence-electron chi connectivity index (χ0n) is 7.09. The predicted molar refractivity (Wildman–Crippen MR) is 60.2 cm³/mol. The van der Waals surface area contributed by atoms with Crippen LogP contribution in [0.3, 0.4) is 0 Å². The summed E-state index contributed by atoms with van der Waals surface area (Å²) in [6.45, 7) is 0. The quantitative estimate of drug-likeness (QED) is 0.495. The average molecular weight is 259 g/mol. The monoisotopic (exact) mass is 258 g/mol. The molecule has 1 aromatic rings. The number of rotatable bonds is 4. The zero-order chi connectivity index (χ0) is 9.68. The van der Waals surface area contributed by atoms with Crippen LogP contribution in [0.1, 0.15) is 24.4 Å². The highest BCUT2D eigenvalue weighted by Crippen LogP contribution is 2.26. The summed E-state index contributed by atoms with van der Waals surface area (Å²) in [7, 11) is 0. The fraction of sp³-hybridized carbons (Fsp3) is 0.333. The van der Waals surface area contributed by atoms with Crippen molar-refractivity contribution in [1.29, 1.82) is 0 Å². The molecule has 4 heteroatoms. The number of terminal acetylenes is 1. The molecular formula is C9H11BrN2S. The first-order valence-corrected chi connectivity index (χ1v) is 5.58. The van der Waals surface area contributed by atoms with E-state index in [0.717, 1.165) is 16.6 Å². The van der Waals surface area contributed by atoms with Gasteiger partial charge in [-0.15, -0.1) is 23.7 Å². The lowest BCUT2D eigenvalue weighted by Crippen LogP contribution is -2.27. The van der Waals surface area contributed by atoms with Gasteiger partial charge in [0, 0.05) is 12.5 Å². The summed E-state index contributed by atoms with van der Waals surface area (Å²) in [6, 6.07) is 2.23. The van der Waals surface area contributed by atoms with Crippen molar-refractivity contribution in [1.82, 2.24) is 5.43 Å². The Labute approximate surface area is 90.6 Å². The molecule has 1 atom stereocenters. The van der Waals surface area contributed by atoms with Crippen LogP contribution >= 0.6 is 27.3 Å². The van der Waals surface area contributed by atoms with Gasteiger partial charge in [0.15, 0.2) is 0 Å². The Morgan fingerprint density at radius 2 is 2.54 bits per heavy atom. The largest absolute Gasteiger partial charge is 0.271 e. The third-order valence-corrected chi connectivity index (χ3v) is 3.29. The minimum absolute atomic E-state index is 0.165. The van der Waals surface area contributed by atoms with Crippen LogP contribution in [0, 0.1) is 12.3 Å². The molecule has 3 N–H and O–H groups in total. The Morgan fingerprint density at radius 3 is 3.00 bits per heavy atom. The molecule has 1 aromatic heterocycles. The van der Waals surface area contributed by atoms with Gasteiger partial charge in [-0.05, 0) is 39.4 Å². The number of nitrogens with one attached hydrogen (secondary N) is 1. The third kappa shape index (κ3) is 3.12. The molecule has 0 saturated heterocycles. The first-order chi connectivity index (χ1) is 6.27. The minimum Gasteiger partial charge on any atom is -0.271 e. The summed E-state index contributed by atoms with van der Waals surface area (Å²) in [6.07, 6.45) is 6.80. The van der Waals surface area contributed by atoms with E-state index in [9.17, 15) is 0 Å². The van der Waals surface area contributed by atoms with E-state index in [-0.39, 0.29) is 6.04 Å². The van der Waals surface area contributed by atoms with Gasteiger partial charge in [-0.2, -0.15) is 0 Å². The Morgan fingerprint density at radius 1 is 1.77 bits per heavy atom. The molecule has 0 amide bonds. The van der Waals surface area contributed by atoms with E-state index in [1.807, 2.05) is 0 Å². The fourth-order valence-corrected chi connectivity index (χ4v) is 2.31. The summed E-state index contributed by atoms with van der Waals surface area (Å²) >= 11 is 5.06. The van der Waals surface area contributed by atoms with Crippen LogP contribution in [0.15, 0.2) is 15.2 Å². The lowest BCUT2D eigenvalue weighted by Gasteiger charge is -2.12. The molecule has 0 aliphatic heterocycles. The van der Waals surface area contributed by atoms with Crippen molar-refractivity contribution in [2.24, 2.45) is 5.84 Å². The summed E-state index contributed by atoms with van der Waals surface area (Å²) in [5.74, 6) is 8.03. The lowest BCUT2D eigenvalue weighted by atomic mass is 10.1. The normalized spacial score (nSPS) is 12.4. The summed E-state index contributed by atoms with van der Waals surface area (Å²) < 4.78 is 1.11. The first kappa shape index (κ1) is 10.7. The second-order valence-electron chi connectivity index (χ2n) is 2.65. The first-order valence-electron chi connectivity index (χ1n) is 3.91. The lowest BCUT2D eigenvalue weighted by molar-refractivity contribution is 0.525. The minimum atomic E-state index is 0.165. The van der Waals surface area contributed by atoms with Gasteiger partial charge in [0.05, 0.1) is 3.79 Å². The SMILES string of the molecule is C#CCCC(NN)c1csc(Br)c1. The summed E-state index contributed by atoms with van der Waals surface area (Å²) in [4.78, 5) is 0. The van der Waals surface area contributed by atoms with Gasteiger partial charge in [0.1, 0.15) is 0 Å². The fourth-order valence-electron chi connectivity index (χ4n) is 1.08. The summed E-state index contributed by atoms with van der Waals surface area (Å²) in [5, 5.41) is 2.07. The molecule has 0 spiro atoms. The van der Waals surface area contributed by atoms with E-state index < -0.39 is 0 Å². The summed E-state index contributed by atoms with van der Waals surface area (Å²) in [5.41, 5.74) is 3.95. The van der Waals surface area contributed by atoms with Gasteiger partial charge in [-0.1, -0.05) is 0 Å². The Hall–Kier alpha value is -0.340. The predicted octanol–water partition coefficient (Wildman–Crippen LogP) is 2.43. The van der Waals surface area contributed by atoms with E-state index in [1.165, 1.54) is 5.56 Å². The number of halogens is 1. The van der Waals surface area contributed by atoms with Crippen LogP contribution in [-0.4, -0.2) is 0 Å². The molecule has 0 bridgehead atoms. The van der Waals surface area contributed by atoms with Crippen LogP contribution in [0.4, 0.5) is 0 Å². The highest BCUT2D eigenvalue weighted by molar-refractivity contribution is 9.11. The van der Waals surface area contributed by atoms with E-state index in [1.54, 1.807) is 11.3 Å². The molecule has 0 radical (unpaired) electrons. The smallest absolute Gasteiger partial charge is 0.0701 e. The van der Waals surface area contributed by atoms with E-state index in [0.29, 0.717) is 0 Å². The molecule has 13 heavy (non-hydrogen) atoms. The second kappa shape index (κ2) is 5.40. The van der Waals surface area contributed by atoms with Crippen LogP contribution in [0.5, 0.6) is 0 Å². The molecule has 1 heterocycles. The maximum absolute atomic E-state index is 5.43. The molecule has 70 valence electrons. The third-order valence-electron chi connectivity index (χ3n) is 1.77. The molecule has 0 aliphatic carbocycles. The molecule has 0 fully saturated rings.